The molecule has 2 aliphatic rings. The molecule has 198 valence electrons. The van der Waals surface area contributed by atoms with E-state index in [1.54, 1.807) is 28.3 Å². The molecule has 2 amide bonds. The molecule has 2 aliphatic heterocycles. The summed E-state index contributed by atoms with van der Waals surface area (Å²) in [7, 11) is 0. The van der Waals surface area contributed by atoms with E-state index in [1.807, 2.05) is 24.3 Å². The second kappa shape index (κ2) is 10.9. The van der Waals surface area contributed by atoms with Gasteiger partial charge in [0.1, 0.15) is 0 Å². The van der Waals surface area contributed by atoms with Gasteiger partial charge in [-0.15, -0.1) is 0 Å². The third-order valence-electron chi connectivity index (χ3n) is 7.28. The number of nitrogens with one attached hydrogen (secondary N) is 1. The van der Waals surface area contributed by atoms with Crippen LogP contribution in [0.15, 0.2) is 67.0 Å². The van der Waals surface area contributed by atoms with E-state index in [4.69, 9.17) is 0 Å². The Kier molecular flexibility index (Phi) is 7.42. The molecular weight excluding hydrogens is 495 g/mol. The lowest BCUT2D eigenvalue weighted by molar-refractivity contribution is -0.137. The Morgan fingerprint density at radius 2 is 1.61 bits per heavy atom. The number of carbonyl (C=O) groups excluding carboxylic acids is 2. The van der Waals surface area contributed by atoms with Gasteiger partial charge in [-0.25, -0.2) is 0 Å². The van der Waals surface area contributed by atoms with Crippen molar-refractivity contribution < 1.29 is 22.8 Å². The minimum Gasteiger partial charge on any atom is -0.342 e. The molecule has 3 heterocycles. The van der Waals surface area contributed by atoms with Gasteiger partial charge in [0.2, 0.25) is 11.8 Å². The quantitative estimate of drug-likeness (QED) is 0.521. The van der Waals surface area contributed by atoms with Crippen LogP contribution in [0.2, 0.25) is 0 Å². The Hall–Kier alpha value is -3.79. The van der Waals surface area contributed by atoms with E-state index in [0.29, 0.717) is 37.4 Å². The fourth-order valence-electron chi connectivity index (χ4n) is 4.92. The van der Waals surface area contributed by atoms with Gasteiger partial charge in [0.05, 0.1) is 36.0 Å². The number of hydrogen-bond donors (Lipinski definition) is 1. The molecule has 0 spiro atoms. The Bertz CT molecular complexity index is 1250. The van der Waals surface area contributed by atoms with Crippen molar-refractivity contribution in [2.75, 3.05) is 31.1 Å². The first-order valence-electron chi connectivity index (χ1n) is 12.6. The molecule has 38 heavy (non-hydrogen) atoms. The smallest absolute Gasteiger partial charge is 0.342 e. The van der Waals surface area contributed by atoms with Crippen molar-refractivity contribution in [2.24, 2.45) is 5.92 Å². The molecule has 0 atom stereocenters. The Labute approximate surface area is 218 Å². The number of likely N-dealkylation sites (tertiary alicyclic amines) is 1. The lowest BCUT2D eigenvalue weighted by Crippen LogP contribution is -2.51. The number of hydrogen-bond acceptors (Lipinski definition) is 5. The van der Waals surface area contributed by atoms with Gasteiger partial charge in [-0.05, 0) is 60.2 Å². The van der Waals surface area contributed by atoms with E-state index in [0.717, 1.165) is 36.2 Å². The van der Waals surface area contributed by atoms with Crippen LogP contribution in [0.3, 0.4) is 0 Å². The summed E-state index contributed by atoms with van der Waals surface area (Å²) >= 11 is 0. The molecule has 2 fully saturated rings. The number of aromatic nitrogens is 2. The highest BCUT2D eigenvalue weighted by molar-refractivity contribution is 6.02. The molecule has 0 saturated carbocycles. The fourth-order valence-corrected chi connectivity index (χ4v) is 4.92. The predicted octanol–water partition coefficient (Wildman–Crippen LogP) is 4.33. The summed E-state index contributed by atoms with van der Waals surface area (Å²) in [5.74, 6) is 0.141. The molecule has 0 radical (unpaired) electrons. The number of rotatable bonds is 6. The number of alkyl halides is 3. The highest BCUT2D eigenvalue weighted by Gasteiger charge is 2.32. The molecule has 1 aromatic heterocycles. The zero-order valence-corrected chi connectivity index (χ0v) is 20.7. The highest BCUT2D eigenvalue weighted by Crippen LogP contribution is 2.33. The van der Waals surface area contributed by atoms with E-state index < -0.39 is 11.7 Å². The number of halogens is 3. The van der Waals surface area contributed by atoms with Crippen LogP contribution < -0.4 is 10.2 Å². The minimum absolute atomic E-state index is 0.0179. The van der Waals surface area contributed by atoms with Crippen LogP contribution in [0.1, 0.15) is 35.4 Å². The molecule has 7 nitrogen and oxygen atoms in total. The van der Waals surface area contributed by atoms with Crippen molar-refractivity contribution in [1.29, 1.82) is 0 Å². The summed E-state index contributed by atoms with van der Waals surface area (Å²) < 4.78 is 38.3. The van der Waals surface area contributed by atoms with Gasteiger partial charge in [0, 0.05) is 31.9 Å². The van der Waals surface area contributed by atoms with Gasteiger partial charge in [-0.1, -0.05) is 24.3 Å². The summed E-state index contributed by atoms with van der Waals surface area (Å²) in [5, 5.41) is 10.9. The number of carbonyl (C=O) groups is 2. The number of benzene rings is 2. The van der Waals surface area contributed by atoms with Gasteiger partial charge in [-0.3, -0.25) is 14.5 Å². The van der Waals surface area contributed by atoms with Crippen LogP contribution in [-0.2, 0) is 22.2 Å². The van der Waals surface area contributed by atoms with E-state index in [1.165, 1.54) is 12.1 Å². The molecule has 5 rings (SSSR count). The first kappa shape index (κ1) is 25.8. The first-order valence-corrected chi connectivity index (χ1v) is 12.6. The predicted molar refractivity (Wildman–Crippen MR) is 136 cm³/mol. The molecule has 0 unspecified atom stereocenters. The molecular formula is C28H28F3N5O2. The SMILES string of the molecule is O=C(Cc1ccc(C(F)(F)F)cc1)N1CCC(c2ccc(N(C(=O)C3CNC3)c3ccnnc3)cc2)CC1. The fraction of sp³-hybridized carbons (Fsp3) is 0.357. The maximum atomic E-state index is 13.2. The lowest BCUT2D eigenvalue weighted by atomic mass is 9.89. The van der Waals surface area contributed by atoms with Crippen LogP contribution in [0.25, 0.3) is 0 Å². The van der Waals surface area contributed by atoms with Gasteiger partial charge in [0.15, 0.2) is 0 Å². The second-order valence-corrected chi connectivity index (χ2v) is 9.75. The molecule has 1 N–H and O–H groups in total. The topological polar surface area (TPSA) is 78.4 Å². The Balaban J connectivity index is 1.20. The lowest BCUT2D eigenvalue weighted by Gasteiger charge is -2.33. The van der Waals surface area contributed by atoms with Gasteiger partial charge in [0.25, 0.3) is 0 Å². The van der Waals surface area contributed by atoms with Crippen molar-refractivity contribution in [1.82, 2.24) is 20.4 Å². The van der Waals surface area contributed by atoms with Crippen molar-refractivity contribution >= 4 is 23.2 Å². The van der Waals surface area contributed by atoms with Crippen LogP contribution in [-0.4, -0.2) is 53.1 Å². The maximum absolute atomic E-state index is 13.2. The average molecular weight is 524 g/mol. The normalized spacial score (nSPS) is 16.7. The largest absolute Gasteiger partial charge is 0.416 e. The number of amides is 2. The Morgan fingerprint density at radius 1 is 0.921 bits per heavy atom. The summed E-state index contributed by atoms with van der Waals surface area (Å²) in [6.07, 6.45) is 0.430. The molecule has 2 saturated heterocycles. The van der Waals surface area contributed by atoms with E-state index in [9.17, 15) is 22.8 Å². The monoisotopic (exact) mass is 523 g/mol. The van der Waals surface area contributed by atoms with Crippen LogP contribution in [0, 0.1) is 5.92 Å². The Morgan fingerprint density at radius 3 is 2.16 bits per heavy atom. The molecule has 3 aromatic rings. The first-order chi connectivity index (χ1) is 18.3. The number of anilines is 2. The third kappa shape index (κ3) is 5.70. The van der Waals surface area contributed by atoms with Crippen LogP contribution in [0.5, 0.6) is 0 Å². The number of piperidine rings is 1. The minimum atomic E-state index is -4.39. The van der Waals surface area contributed by atoms with Crippen molar-refractivity contribution in [2.45, 2.75) is 31.4 Å². The summed E-state index contributed by atoms with van der Waals surface area (Å²) in [4.78, 5) is 29.4. The van der Waals surface area contributed by atoms with E-state index in [2.05, 4.69) is 15.5 Å². The van der Waals surface area contributed by atoms with Gasteiger partial charge >= 0.3 is 6.18 Å². The highest BCUT2D eigenvalue weighted by atomic mass is 19.4. The molecule has 10 heteroatoms. The average Bonchev–Trinajstić information content (AvgIpc) is 2.89. The summed E-state index contributed by atoms with van der Waals surface area (Å²) in [5.41, 5.74) is 2.44. The van der Waals surface area contributed by atoms with E-state index in [-0.39, 0.29) is 30.1 Å². The zero-order valence-electron chi connectivity index (χ0n) is 20.7. The van der Waals surface area contributed by atoms with E-state index >= 15 is 0 Å². The van der Waals surface area contributed by atoms with Crippen LogP contribution in [0.4, 0.5) is 24.5 Å². The summed E-state index contributed by atoms with van der Waals surface area (Å²) in [6, 6.07) is 14.5. The van der Waals surface area contributed by atoms with Crippen LogP contribution >= 0.6 is 0 Å². The maximum Gasteiger partial charge on any atom is 0.416 e. The van der Waals surface area contributed by atoms with Crippen molar-refractivity contribution in [3.05, 3.63) is 83.7 Å². The van der Waals surface area contributed by atoms with Crippen molar-refractivity contribution in [3.63, 3.8) is 0 Å². The molecule has 0 aliphatic carbocycles. The second-order valence-electron chi connectivity index (χ2n) is 9.75. The third-order valence-corrected chi connectivity index (χ3v) is 7.28. The number of nitrogens with zero attached hydrogens (tertiary/aromatic N) is 4. The molecule has 2 aromatic carbocycles. The summed E-state index contributed by atoms with van der Waals surface area (Å²) in [6.45, 7) is 2.49. The van der Waals surface area contributed by atoms with Crippen molar-refractivity contribution in [3.8, 4) is 0 Å². The van der Waals surface area contributed by atoms with Gasteiger partial charge < -0.3 is 10.2 Å². The molecule has 0 bridgehead atoms. The van der Waals surface area contributed by atoms with Gasteiger partial charge in [-0.2, -0.15) is 23.4 Å². The zero-order chi connectivity index (χ0) is 26.7. The standard InChI is InChI=1S/C28H28F3N5O2/c29-28(30,31)23-5-1-19(2-6-23)15-26(37)35-13-10-21(11-14-35)20-3-7-24(8-4-20)36(25-9-12-33-34-18-25)27(38)22-16-32-17-22/h1-9,12,18,21-22,32H,10-11,13-17H2.